The minimum absolute atomic E-state index is 0.111. The van der Waals surface area contributed by atoms with Crippen LogP contribution in [0.25, 0.3) is 0 Å². The number of rotatable bonds is 3. The summed E-state index contributed by atoms with van der Waals surface area (Å²) in [5.41, 5.74) is 5.67. The van der Waals surface area contributed by atoms with Crippen LogP contribution in [0.2, 0.25) is 0 Å². The molecule has 2 unspecified atom stereocenters. The van der Waals surface area contributed by atoms with E-state index < -0.39 is 24.9 Å². The molecular formula is C9H15F3N2O. The van der Waals surface area contributed by atoms with Crippen LogP contribution in [-0.4, -0.2) is 24.2 Å². The van der Waals surface area contributed by atoms with Crippen LogP contribution in [0.4, 0.5) is 13.2 Å². The van der Waals surface area contributed by atoms with Gasteiger partial charge in [-0.2, -0.15) is 13.2 Å². The van der Waals surface area contributed by atoms with E-state index in [4.69, 9.17) is 5.73 Å². The molecule has 0 aliphatic heterocycles. The van der Waals surface area contributed by atoms with Crippen molar-refractivity contribution in [3.8, 4) is 0 Å². The summed E-state index contributed by atoms with van der Waals surface area (Å²) in [5.74, 6) is -0.560. The molecule has 0 aromatic carbocycles. The van der Waals surface area contributed by atoms with Gasteiger partial charge < -0.3 is 11.1 Å². The van der Waals surface area contributed by atoms with Crippen LogP contribution < -0.4 is 11.1 Å². The Kier molecular flexibility index (Phi) is 3.96. The second kappa shape index (κ2) is 4.83. The van der Waals surface area contributed by atoms with Crippen LogP contribution >= 0.6 is 0 Å². The average molecular weight is 224 g/mol. The second-order valence-corrected chi connectivity index (χ2v) is 3.88. The van der Waals surface area contributed by atoms with E-state index in [-0.39, 0.29) is 12.1 Å². The van der Waals surface area contributed by atoms with Crippen LogP contribution in [0, 0.1) is 0 Å². The fourth-order valence-electron chi connectivity index (χ4n) is 1.70. The Balaban J connectivity index is 2.24. The molecule has 1 rings (SSSR count). The third-order valence-corrected chi connectivity index (χ3v) is 2.55. The molecule has 0 heterocycles. The number of amides is 1. The molecule has 1 fully saturated rings. The predicted octanol–water partition coefficient (Wildman–Crippen LogP) is 1.32. The van der Waals surface area contributed by atoms with Gasteiger partial charge in [-0.3, -0.25) is 4.79 Å². The number of alkyl halides is 3. The lowest BCUT2D eigenvalue weighted by Gasteiger charge is -2.17. The van der Waals surface area contributed by atoms with Gasteiger partial charge in [0.05, 0.1) is 6.42 Å². The van der Waals surface area contributed by atoms with Crippen molar-refractivity contribution in [1.29, 1.82) is 0 Å². The van der Waals surface area contributed by atoms with Gasteiger partial charge in [0, 0.05) is 18.5 Å². The second-order valence-electron chi connectivity index (χ2n) is 3.88. The first-order valence-electron chi connectivity index (χ1n) is 5.00. The standard InChI is InChI=1S/C9H15F3N2O/c10-9(11,12)5-4-8(15)14-7-3-1-2-6(7)13/h6-7H,1-5,13H2,(H,14,15). The monoisotopic (exact) mass is 224 g/mol. The zero-order chi connectivity index (χ0) is 11.5. The number of hydrogen-bond donors (Lipinski definition) is 2. The number of nitrogens with two attached hydrogens (primary N) is 1. The fourth-order valence-corrected chi connectivity index (χ4v) is 1.70. The van der Waals surface area contributed by atoms with Gasteiger partial charge in [0.15, 0.2) is 0 Å². The Labute approximate surface area is 86.2 Å². The van der Waals surface area contributed by atoms with E-state index in [1.807, 2.05) is 0 Å². The molecule has 0 bridgehead atoms. The van der Waals surface area contributed by atoms with Crippen molar-refractivity contribution >= 4 is 5.91 Å². The molecule has 1 aliphatic rings. The Morgan fingerprint density at radius 2 is 2.07 bits per heavy atom. The zero-order valence-corrected chi connectivity index (χ0v) is 8.31. The van der Waals surface area contributed by atoms with Crippen molar-refractivity contribution in [3.63, 3.8) is 0 Å². The third-order valence-electron chi connectivity index (χ3n) is 2.55. The van der Waals surface area contributed by atoms with E-state index in [1.165, 1.54) is 0 Å². The Bertz CT molecular complexity index is 230. The molecule has 1 aliphatic carbocycles. The highest BCUT2D eigenvalue weighted by atomic mass is 19.4. The molecule has 88 valence electrons. The summed E-state index contributed by atoms with van der Waals surface area (Å²) in [6, 6.07) is -0.259. The SMILES string of the molecule is NC1CCCC1NC(=O)CCC(F)(F)F. The summed E-state index contributed by atoms with van der Waals surface area (Å²) < 4.78 is 35.4. The van der Waals surface area contributed by atoms with Crippen LogP contribution in [0.3, 0.4) is 0 Å². The summed E-state index contributed by atoms with van der Waals surface area (Å²) in [4.78, 5) is 11.1. The van der Waals surface area contributed by atoms with Crippen molar-refractivity contribution in [1.82, 2.24) is 5.32 Å². The van der Waals surface area contributed by atoms with Gasteiger partial charge >= 0.3 is 6.18 Å². The molecule has 6 heteroatoms. The van der Waals surface area contributed by atoms with Gasteiger partial charge in [0.2, 0.25) is 5.91 Å². The lowest BCUT2D eigenvalue weighted by Crippen LogP contribution is -2.44. The summed E-state index contributed by atoms with van der Waals surface area (Å²) in [5, 5.41) is 2.54. The summed E-state index contributed by atoms with van der Waals surface area (Å²) in [6.07, 6.45) is -3.34. The van der Waals surface area contributed by atoms with Crippen molar-refractivity contribution < 1.29 is 18.0 Å². The van der Waals surface area contributed by atoms with Crippen LogP contribution in [0.5, 0.6) is 0 Å². The van der Waals surface area contributed by atoms with E-state index in [2.05, 4.69) is 5.32 Å². The molecule has 1 saturated carbocycles. The zero-order valence-electron chi connectivity index (χ0n) is 8.31. The maximum atomic E-state index is 11.8. The van der Waals surface area contributed by atoms with Crippen molar-refractivity contribution in [2.24, 2.45) is 5.73 Å². The summed E-state index contributed by atoms with van der Waals surface area (Å²) in [7, 11) is 0. The minimum Gasteiger partial charge on any atom is -0.352 e. The third kappa shape index (κ3) is 4.51. The topological polar surface area (TPSA) is 55.1 Å². The largest absolute Gasteiger partial charge is 0.389 e. The molecule has 2 atom stereocenters. The first-order chi connectivity index (χ1) is 6.88. The summed E-state index contributed by atoms with van der Waals surface area (Å²) in [6.45, 7) is 0. The lowest BCUT2D eigenvalue weighted by atomic mass is 10.2. The van der Waals surface area contributed by atoms with E-state index in [0.717, 1.165) is 19.3 Å². The first kappa shape index (κ1) is 12.3. The molecular weight excluding hydrogens is 209 g/mol. The Morgan fingerprint density at radius 3 is 2.53 bits per heavy atom. The smallest absolute Gasteiger partial charge is 0.352 e. The molecule has 1 amide bonds. The molecule has 0 radical (unpaired) electrons. The van der Waals surface area contributed by atoms with Gasteiger partial charge in [0.25, 0.3) is 0 Å². The molecule has 0 aromatic rings. The maximum absolute atomic E-state index is 11.8. The highest BCUT2D eigenvalue weighted by molar-refractivity contribution is 5.76. The van der Waals surface area contributed by atoms with Gasteiger partial charge in [-0.1, -0.05) is 0 Å². The number of carbonyl (C=O) groups excluding carboxylic acids is 1. The lowest BCUT2D eigenvalue weighted by molar-refractivity contribution is -0.144. The van der Waals surface area contributed by atoms with Gasteiger partial charge in [-0.25, -0.2) is 0 Å². The van der Waals surface area contributed by atoms with E-state index in [0.29, 0.717) is 0 Å². The van der Waals surface area contributed by atoms with Crippen molar-refractivity contribution in [2.75, 3.05) is 0 Å². The fraction of sp³-hybridized carbons (Fsp3) is 0.889. The Hall–Kier alpha value is -0.780. The predicted molar refractivity (Wildman–Crippen MR) is 49.0 cm³/mol. The number of hydrogen-bond acceptors (Lipinski definition) is 2. The van der Waals surface area contributed by atoms with Gasteiger partial charge in [-0.05, 0) is 19.3 Å². The Morgan fingerprint density at radius 1 is 1.40 bits per heavy atom. The quantitative estimate of drug-likeness (QED) is 0.759. The van der Waals surface area contributed by atoms with Gasteiger partial charge in [-0.15, -0.1) is 0 Å². The van der Waals surface area contributed by atoms with E-state index >= 15 is 0 Å². The highest BCUT2D eigenvalue weighted by Crippen LogP contribution is 2.22. The average Bonchev–Trinajstić information content (AvgIpc) is 2.47. The maximum Gasteiger partial charge on any atom is 0.389 e. The molecule has 3 N–H and O–H groups in total. The number of halogens is 3. The molecule has 0 saturated heterocycles. The highest BCUT2D eigenvalue weighted by Gasteiger charge is 2.30. The summed E-state index contributed by atoms with van der Waals surface area (Å²) >= 11 is 0. The molecule has 15 heavy (non-hydrogen) atoms. The molecule has 0 aromatic heterocycles. The van der Waals surface area contributed by atoms with Gasteiger partial charge in [0.1, 0.15) is 0 Å². The van der Waals surface area contributed by atoms with E-state index in [1.54, 1.807) is 0 Å². The van der Waals surface area contributed by atoms with Crippen LogP contribution in [0.1, 0.15) is 32.1 Å². The minimum atomic E-state index is -4.27. The first-order valence-corrected chi connectivity index (χ1v) is 5.00. The van der Waals surface area contributed by atoms with E-state index in [9.17, 15) is 18.0 Å². The van der Waals surface area contributed by atoms with Crippen LogP contribution in [-0.2, 0) is 4.79 Å². The number of nitrogens with one attached hydrogen (secondary N) is 1. The molecule has 3 nitrogen and oxygen atoms in total. The molecule has 0 spiro atoms. The van der Waals surface area contributed by atoms with Crippen LogP contribution in [0.15, 0.2) is 0 Å². The van der Waals surface area contributed by atoms with Crippen molar-refractivity contribution in [2.45, 2.75) is 50.4 Å². The normalized spacial score (nSPS) is 26.7. The number of carbonyl (C=O) groups is 1. The van der Waals surface area contributed by atoms with Crippen molar-refractivity contribution in [3.05, 3.63) is 0 Å².